The zero-order valence-electron chi connectivity index (χ0n) is 12.0. The Kier molecular flexibility index (Phi) is 5.34. The van der Waals surface area contributed by atoms with Crippen LogP contribution in [0.15, 0.2) is 24.3 Å². The minimum atomic E-state index is -4.37. The molecule has 0 bridgehead atoms. The second-order valence-corrected chi connectivity index (χ2v) is 4.81. The monoisotopic (exact) mass is 302 g/mol. The molecule has 0 aromatic heterocycles. The zero-order valence-corrected chi connectivity index (χ0v) is 12.0. The van der Waals surface area contributed by atoms with E-state index < -0.39 is 17.8 Å². The average Bonchev–Trinajstić information content (AvgIpc) is 2.36. The van der Waals surface area contributed by atoms with Crippen LogP contribution in [-0.2, 0) is 22.3 Å². The van der Waals surface area contributed by atoms with E-state index in [2.05, 4.69) is 5.32 Å². The Hall–Kier alpha value is -2.05. The van der Waals surface area contributed by atoms with Crippen molar-refractivity contribution in [1.29, 1.82) is 0 Å². The van der Waals surface area contributed by atoms with Gasteiger partial charge in [-0.1, -0.05) is 12.1 Å². The van der Waals surface area contributed by atoms with Gasteiger partial charge in [0.2, 0.25) is 11.8 Å². The minimum absolute atomic E-state index is 0.168. The lowest BCUT2D eigenvalue weighted by atomic mass is 10.1. The van der Waals surface area contributed by atoms with Gasteiger partial charge in [0.1, 0.15) is 6.04 Å². The molecule has 0 spiro atoms. The Morgan fingerprint density at radius 3 is 2.19 bits per heavy atom. The number of likely N-dealkylation sites (N-methyl/N-ethyl adjacent to an activating group) is 1. The molecule has 0 radical (unpaired) electrons. The summed E-state index contributed by atoms with van der Waals surface area (Å²) in [5, 5.41) is 2.46. The third-order valence-electron chi connectivity index (χ3n) is 2.87. The molecule has 7 heteroatoms. The van der Waals surface area contributed by atoms with Gasteiger partial charge in [-0.3, -0.25) is 9.59 Å². The highest BCUT2D eigenvalue weighted by Crippen LogP contribution is 2.29. The highest BCUT2D eigenvalue weighted by molar-refractivity contribution is 5.86. The number of amides is 2. The number of carbonyl (C=O) groups is 2. The van der Waals surface area contributed by atoms with Crippen molar-refractivity contribution in [2.45, 2.75) is 32.6 Å². The summed E-state index contributed by atoms with van der Waals surface area (Å²) in [5.74, 6) is -0.635. The second kappa shape index (κ2) is 6.60. The number of halogens is 3. The molecule has 0 aliphatic carbocycles. The predicted octanol–water partition coefficient (Wildman–Crippen LogP) is 2.19. The van der Waals surface area contributed by atoms with Gasteiger partial charge in [-0.15, -0.1) is 0 Å². The van der Waals surface area contributed by atoms with Crippen molar-refractivity contribution in [3.05, 3.63) is 35.4 Å². The lowest BCUT2D eigenvalue weighted by molar-refractivity contribution is -0.137. The Morgan fingerprint density at radius 1 is 1.24 bits per heavy atom. The number of carbonyl (C=O) groups excluding carboxylic acids is 2. The van der Waals surface area contributed by atoms with E-state index in [1.165, 1.54) is 31.0 Å². The molecule has 0 aliphatic heterocycles. The van der Waals surface area contributed by atoms with Crippen molar-refractivity contribution >= 4 is 11.8 Å². The largest absolute Gasteiger partial charge is 0.416 e. The fourth-order valence-electron chi connectivity index (χ4n) is 1.85. The Bertz CT molecular complexity index is 512. The van der Waals surface area contributed by atoms with Gasteiger partial charge in [-0.2, -0.15) is 13.2 Å². The Labute approximate surface area is 120 Å². The number of nitrogens with zero attached hydrogens (tertiary/aromatic N) is 1. The average molecular weight is 302 g/mol. The quantitative estimate of drug-likeness (QED) is 0.927. The predicted molar refractivity (Wildman–Crippen MR) is 71.2 cm³/mol. The first-order valence-electron chi connectivity index (χ1n) is 6.29. The molecule has 0 saturated heterocycles. The summed E-state index contributed by atoms with van der Waals surface area (Å²) in [5.41, 5.74) is -0.152. The first kappa shape index (κ1) is 17.0. The summed E-state index contributed by atoms with van der Waals surface area (Å²) < 4.78 is 37.3. The van der Waals surface area contributed by atoms with Gasteiger partial charge in [0.25, 0.3) is 0 Å². The van der Waals surface area contributed by atoms with Crippen LogP contribution in [0.2, 0.25) is 0 Å². The first-order chi connectivity index (χ1) is 9.61. The second-order valence-electron chi connectivity index (χ2n) is 4.81. The van der Waals surface area contributed by atoms with Gasteiger partial charge in [-0.25, -0.2) is 0 Å². The van der Waals surface area contributed by atoms with Crippen LogP contribution in [0.3, 0.4) is 0 Å². The maximum absolute atomic E-state index is 12.4. The van der Waals surface area contributed by atoms with Crippen LogP contribution in [0.25, 0.3) is 0 Å². The molecule has 21 heavy (non-hydrogen) atoms. The van der Waals surface area contributed by atoms with E-state index in [0.717, 1.165) is 12.1 Å². The van der Waals surface area contributed by atoms with E-state index in [1.807, 2.05) is 0 Å². The van der Waals surface area contributed by atoms with Crippen molar-refractivity contribution in [1.82, 2.24) is 10.2 Å². The lowest BCUT2D eigenvalue weighted by Crippen LogP contribution is -2.44. The third kappa shape index (κ3) is 5.09. The van der Waals surface area contributed by atoms with Gasteiger partial charge in [0.05, 0.1) is 5.56 Å². The molecule has 116 valence electrons. The summed E-state index contributed by atoms with van der Waals surface area (Å²) in [4.78, 5) is 24.2. The van der Waals surface area contributed by atoms with Gasteiger partial charge < -0.3 is 10.2 Å². The van der Waals surface area contributed by atoms with Gasteiger partial charge in [0, 0.05) is 20.5 Å². The highest BCUT2D eigenvalue weighted by Gasteiger charge is 2.30. The molecule has 1 unspecified atom stereocenters. The van der Waals surface area contributed by atoms with E-state index in [-0.39, 0.29) is 18.4 Å². The number of nitrogens with one attached hydrogen (secondary N) is 1. The molecular weight excluding hydrogens is 285 g/mol. The number of benzene rings is 1. The first-order valence-corrected chi connectivity index (χ1v) is 6.29. The van der Waals surface area contributed by atoms with E-state index in [4.69, 9.17) is 0 Å². The molecule has 0 saturated carbocycles. The molecule has 1 N–H and O–H groups in total. The minimum Gasteiger partial charge on any atom is -0.345 e. The highest BCUT2D eigenvalue weighted by atomic mass is 19.4. The molecule has 0 fully saturated rings. The van der Waals surface area contributed by atoms with Gasteiger partial charge >= 0.3 is 6.18 Å². The molecule has 1 aromatic carbocycles. The summed E-state index contributed by atoms with van der Waals surface area (Å²) in [6, 6.07) is 3.93. The van der Waals surface area contributed by atoms with Crippen LogP contribution < -0.4 is 5.32 Å². The standard InChI is InChI=1S/C14H17F3N2O2/c1-9(18-10(2)20)13(21)19(3)8-11-4-6-12(7-5-11)14(15,16)17/h4-7,9H,8H2,1-3H3,(H,18,20). The third-order valence-corrected chi connectivity index (χ3v) is 2.87. The van der Waals surface area contributed by atoms with E-state index in [9.17, 15) is 22.8 Å². The molecule has 2 amide bonds. The summed E-state index contributed by atoms with van der Waals surface area (Å²) >= 11 is 0. The van der Waals surface area contributed by atoms with Crippen LogP contribution in [0.1, 0.15) is 25.0 Å². The van der Waals surface area contributed by atoms with Crippen LogP contribution in [0.5, 0.6) is 0 Å². The van der Waals surface area contributed by atoms with Crippen molar-refractivity contribution in [2.24, 2.45) is 0 Å². The molecule has 0 aliphatic rings. The summed E-state index contributed by atoms with van der Waals surface area (Å²) in [7, 11) is 1.53. The van der Waals surface area contributed by atoms with Crippen molar-refractivity contribution in [2.75, 3.05) is 7.05 Å². The normalized spacial score (nSPS) is 12.7. The van der Waals surface area contributed by atoms with E-state index in [0.29, 0.717) is 5.56 Å². The summed E-state index contributed by atoms with van der Waals surface area (Å²) in [6.07, 6.45) is -4.37. The van der Waals surface area contributed by atoms with Crippen LogP contribution >= 0.6 is 0 Å². The van der Waals surface area contributed by atoms with Gasteiger partial charge in [0.15, 0.2) is 0 Å². The van der Waals surface area contributed by atoms with Gasteiger partial charge in [-0.05, 0) is 24.6 Å². The molecule has 1 aromatic rings. The smallest absolute Gasteiger partial charge is 0.345 e. The topological polar surface area (TPSA) is 49.4 Å². The van der Waals surface area contributed by atoms with Crippen molar-refractivity contribution < 1.29 is 22.8 Å². The Morgan fingerprint density at radius 2 is 1.76 bits per heavy atom. The molecule has 1 rings (SSSR count). The number of alkyl halides is 3. The van der Waals surface area contributed by atoms with Crippen molar-refractivity contribution in [3.63, 3.8) is 0 Å². The van der Waals surface area contributed by atoms with E-state index in [1.54, 1.807) is 6.92 Å². The fourth-order valence-corrected chi connectivity index (χ4v) is 1.85. The zero-order chi connectivity index (χ0) is 16.2. The number of hydrogen-bond donors (Lipinski definition) is 1. The molecular formula is C14H17F3N2O2. The molecule has 0 heterocycles. The number of hydrogen-bond acceptors (Lipinski definition) is 2. The lowest BCUT2D eigenvalue weighted by Gasteiger charge is -2.22. The van der Waals surface area contributed by atoms with Crippen LogP contribution in [0, 0.1) is 0 Å². The molecule has 4 nitrogen and oxygen atoms in total. The van der Waals surface area contributed by atoms with Crippen LogP contribution in [-0.4, -0.2) is 29.8 Å². The van der Waals surface area contributed by atoms with Crippen molar-refractivity contribution in [3.8, 4) is 0 Å². The number of rotatable bonds is 4. The maximum Gasteiger partial charge on any atom is 0.416 e. The SMILES string of the molecule is CC(=O)NC(C)C(=O)N(C)Cc1ccc(C(F)(F)F)cc1. The Balaban J connectivity index is 2.68. The summed E-state index contributed by atoms with van der Waals surface area (Å²) in [6.45, 7) is 3.02. The van der Waals surface area contributed by atoms with E-state index >= 15 is 0 Å². The van der Waals surface area contributed by atoms with Crippen LogP contribution in [0.4, 0.5) is 13.2 Å². The fraction of sp³-hybridized carbons (Fsp3) is 0.429. The maximum atomic E-state index is 12.4. The molecule has 1 atom stereocenters.